The Bertz CT molecular complexity index is 956. The van der Waals surface area contributed by atoms with E-state index < -0.39 is 41.4 Å². The summed E-state index contributed by atoms with van der Waals surface area (Å²) in [6, 6.07) is -0.0948. The molecular weight excluding hydrogens is 574 g/mol. The molecule has 0 amide bonds. The molecule has 0 saturated carbocycles. The van der Waals surface area contributed by atoms with Crippen molar-refractivity contribution in [3.63, 3.8) is 0 Å². The van der Waals surface area contributed by atoms with E-state index in [0.717, 1.165) is 52.0 Å². The van der Waals surface area contributed by atoms with Crippen molar-refractivity contribution in [1.82, 2.24) is 14.7 Å². The summed E-state index contributed by atoms with van der Waals surface area (Å²) in [6.45, 7) is 20.9. The number of aliphatic hydroxyl groups excluding tert-OH is 1. The number of aliphatic hydroxyl groups is 1. The number of nitrogens with zero attached hydrogens (tertiary/aromatic N) is 3. The lowest BCUT2D eigenvalue weighted by molar-refractivity contribution is -0.295. The molecule has 10 heteroatoms. The molecule has 45 heavy (non-hydrogen) atoms. The summed E-state index contributed by atoms with van der Waals surface area (Å²) >= 11 is 0. The van der Waals surface area contributed by atoms with E-state index in [0.29, 0.717) is 18.8 Å². The van der Waals surface area contributed by atoms with E-state index in [9.17, 15) is 14.7 Å². The van der Waals surface area contributed by atoms with Crippen LogP contribution >= 0.6 is 0 Å². The van der Waals surface area contributed by atoms with E-state index in [4.69, 9.17) is 18.9 Å². The predicted molar refractivity (Wildman–Crippen MR) is 176 cm³/mol. The molecule has 10 nitrogen and oxygen atoms in total. The molecule has 0 spiro atoms. The lowest BCUT2D eigenvalue weighted by Crippen LogP contribution is -2.59. The highest BCUT2D eigenvalue weighted by Crippen LogP contribution is 2.38. The third kappa shape index (κ3) is 9.27. The first-order chi connectivity index (χ1) is 21.1. The summed E-state index contributed by atoms with van der Waals surface area (Å²) in [5.74, 6) is -0.767. The maximum Gasteiger partial charge on any atom is 0.319 e. The van der Waals surface area contributed by atoms with Gasteiger partial charge in [-0.05, 0) is 112 Å². The fourth-order valence-corrected chi connectivity index (χ4v) is 8.00. The van der Waals surface area contributed by atoms with E-state index in [1.165, 1.54) is 0 Å². The number of piperidine rings is 1. The quantitative estimate of drug-likeness (QED) is 0.312. The zero-order chi connectivity index (χ0) is 33.7. The molecule has 262 valence electrons. The standard InChI is InChI=1S/C35H65N3O7/c1-12-37-16-14-26(15-17-37)19-27-22-43-33(41)34(6,7)30(40)25(5)31(35(8,42-11)20-23(3)21-38(27)13-2)45-32-29(39)28(36(9)10)18-24(4)44-32/h23-29,31-32,39H,12-22H2,1-11H3/t23-,24-,25+,27-,28+,29-,31-,32+,35-/m1/s1. The second-order valence-corrected chi connectivity index (χ2v) is 15.2. The van der Waals surface area contributed by atoms with Crippen LogP contribution in [-0.4, -0.2) is 134 Å². The van der Waals surface area contributed by atoms with Gasteiger partial charge in [-0.25, -0.2) is 0 Å². The number of rotatable bonds is 8. The van der Waals surface area contributed by atoms with Crippen LogP contribution in [0, 0.1) is 23.2 Å². The van der Waals surface area contributed by atoms with Crippen molar-refractivity contribution in [3.05, 3.63) is 0 Å². The Labute approximate surface area is 273 Å². The number of hydrogen-bond acceptors (Lipinski definition) is 10. The molecule has 3 aliphatic heterocycles. The number of esters is 1. The summed E-state index contributed by atoms with van der Waals surface area (Å²) in [5, 5.41) is 11.3. The number of cyclic esters (lactones) is 1. The number of likely N-dealkylation sites (N-methyl/N-ethyl adjacent to an activating group) is 2. The number of ketones is 1. The molecule has 3 aliphatic rings. The van der Waals surface area contributed by atoms with Crippen LogP contribution in [0.3, 0.4) is 0 Å². The molecule has 0 aromatic carbocycles. The molecule has 1 N–H and O–H groups in total. The molecule has 3 rings (SSSR count). The zero-order valence-corrected chi connectivity index (χ0v) is 30.2. The van der Waals surface area contributed by atoms with Crippen LogP contribution in [0.2, 0.25) is 0 Å². The van der Waals surface area contributed by atoms with Crippen LogP contribution in [0.25, 0.3) is 0 Å². The second-order valence-electron chi connectivity index (χ2n) is 15.2. The zero-order valence-electron chi connectivity index (χ0n) is 30.2. The van der Waals surface area contributed by atoms with Crippen molar-refractivity contribution in [1.29, 1.82) is 0 Å². The molecule has 0 bridgehead atoms. The van der Waals surface area contributed by atoms with Crippen LogP contribution < -0.4 is 0 Å². The molecule has 0 aromatic heterocycles. The van der Waals surface area contributed by atoms with E-state index in [2.05, 4.69) is 30.6 Å². The second kappa shape index (κ2) is 16.3. The van der Waals surface area contributed by atoms with Crippen molar-refractivity contribution in [2.45, 2.75) is 130 Å². The Morgan fingerprint density at radius 1 is 1.04 bits per heavy atom. The van der Waals surface area contributed by atoms with Gasteiger partial charge in [0.25, 0.3) is 0 Å². The van der Waals surface area contributed by atoms with Crippen LogP contribution in [0.5, 0.6) is 0 Å². The third-order valence-electron chi connectivity index (χ3n) is 11.0. The number of carbonyl (C=O) groups excluding carboxylic acids is 2. The average Bonchev–Trinajstić information content (AvgIpc) is 3.00. The summed E-state index contributed by atoms with van der Waals surface area (Å²) in [7, 11) is 5.53. The van der Waals surface area contributed by atoms with Gasteiger partial charge in [-0.1, -0.05) is 27.7 Å². The SMILES string of the molecule is CCN1CCC(C[C@@H]2COC(=O)C(C)(C)C(=O)[C@H](C)[C@@H](O[C@@H]3O[C@H](C)C[C@H](N(C)C)[C@H]3O)[C@](C)(OC)C[C@@H](C)CN2CC)CC1. The monoisotopic (exact) mass is 639 g/mol. The normalized spacial score (nSPS) is 38.8. The Kier molecular flexibility index (Phi) is 13.9. The Balaban J connectivity index is 1.96. The smallest absolute Gasteiger partial charge is 0.319 e. The largest absolute Gasteiger partial charge is 0.463 e. The molecule has 3 heterocycles. The van der Waals surface area contributed by atoms with Crippen LogP contribution in [-0.2, 0) is 28.5 Å². The number of carbonyl (C=O) groups is 2. The van der Waals surface area contributed by atoms with Gasteiger partial charge < -0.3 is 33.9 Å². The minimum absolute atomic E-state index is 0.0692. The lowest BCUT2D eigenvalue weighted by Gasteiger charge is -2.47. The molecule has 0 aromatic rings. The molecular formula is C35H65N3O7. The molecule has 9 atom stereocenters. The lowest BCUT2D eigenvalue weighted by atomic mass is 9.74. The molecule has 0 aliphatic carbocycles. The van der Waals surface area contributed by atoms with E-state index in [1.807, 2.05) is 32.8 Å². The minimum atomic E-state index is -1.39. The van der Waals surface area contributed by atoms with Gasteiger partial charge in [0.15, 0.2) is 12.1 Å². The fraction of sp³-hybridized carbons (Fsp3) is 0.943. The van der Waals surface area contributed by atoms with Gasteiger partial charge >= 0.3 is 5.97 Å². The van der Waals surface area contributed by atoms with Gasteiger partial charge in [-0.15, -0.1) is 0 Å². The molecule has 3 saturated heterocycles. The Morgan fingerprint density at radius 2 is 1.69 bits per heavy atom. The summed E-state index contributed by atoms with van der Waals surface area (Å²) in [5.41, 5.74) is -2.29. The van der Waals surface area contributed by atoms with Crippen molar-refractivity contribution in [2.75, 3.05) is 60.5 Å². The summed E-state index contributed by atoms with van der Waals surface area (Å²) in [4.78, 5) is 34.9. The predicted octanol–water partition coefficient (Wildman–Crippen LogP) is 3.83. The van der Waals surface area contributed by atoms with Gasteiger partial charge in [-0.2, -0.15) is 0 Å². The van der Waals surface area contributed by atoms with Crippen LogP contribution in [0.15, 0.2) is 0 Å². The molecule has 3 fully saturated rings. The first kappa shape index (κ1) is 38.3. The van der Waals surface area contributed by atoms with Gasteiger partial charge in [0.1, 0.15) is 18.1 Å². The third-order valence-corrected chi connectivity index (χ3v) is 11.0. The van der Waals surface area contributed by atoms with Crippen molar-refractivity contribution in [3.8, 4) is 0 Å². The average molecular weight is 640 g/mol. The topological polar surface area (TPSA) is 101 Å². The maximum absolute atomic E-state index is 14.3. The Morgan fingerprint density at radius 3 is 2.24 bits per heavy atom. The van der Waals surface area contributed by atoms with Crippen LogP contribution in [0.4, 0.5) is 0 Å². The summed E-state index contributed by atoms with van der Waals surface area (Å²) < 4.78 is 25.1. The van der Waals surface area contributed by atoms with Gasteiger partial charge in [0.2, 0.25) is 0 Å². The van der Waals surface area contributed by atoms with Crippen molar-refractivity contribution in [2.24, 2.45) is 23.2 Å². The minimum Gasteiger partial charge on any atom is -0.463 e. The van der Waals surface area contributed by atoms with Crippen molar-refractivity contribution >= 4 is 11.8 Å². The van der Waals surface area contributed by atoms with Gasteiger partial charge in [0.05, 0.1) is 17.8 Å². The summed E-state index contributed by atoms with van der Waals surface area (Å²) in [6.07, 6.45) is 1.75. The number of ether oxygens (including phenoxy) is 4. The van der Waals surface area contributed by atoms with Crippen LogP contribution in [0.1, 0.15) is 87.5 Å². The molecule has 0 unspecified atom stereocenters. The van der Waals surface area contributed by atoms with E-state index in [-0.39, 0.29) is 36.5 Å². The number of Topliss-reactive ketones (excluding diaryl/α,β-unsaturated/α-hetero) is 1. The Hall–Kier alpha value is -1.14. The maximum atomic E-state index is 14.3. The van der Waals surface area contributed by atoms with Gasteiger partial charge in [0, 0.05) is 31.7 Å². The highest BCUT2D eigenvalue weighted by molar-refractivity contribution is 6.04. The number of likely N-dealkylation sites (tertiary alicyclic amines) is 1. The van der Waals surface area contributed by atoms with E-state index in [1.54, 1.807) is 27.9 Å². The van der Waals surface area contributed by atoms with Gasteiger partial charge in [-0.3, -0.25) is 14.5 Å². The van der Waals surface area contributed by atoms with E-state index >= 15 is 0 Å². The molecule has 0 radical (unpaired) electrons. The number of hydrogen-bond donors (Lipinski definition) is 1. The first-order valence-corrected chi connectivity index (χ1v) is 17.5. The van der Waals surface area contributed by atoms with Crippen molar-refractivity contribution < 1.29 is 33.6 Å². The highest BCUT2D eigenvalue weighted by atomic mass is 16.7. The fourth-order valence-electron chi connectivity index (χ4n) is 8.00. The number of methoxy groups -OCH3 is 1. The highest BCUT2D eigenvalue weighted by Gasteiger charge is 2.51. The first-order valence-electron chi connectivity index (χ1n) is 17.5.